The number of ether oxygens (including phenoxy) is 1. The van der Waals surface area contributed by atoms with E-state index in [0.29, 0.717) is 13.0 Å². The van der Waals surface area contributed by atoms with E-state index in [1.807, 2.05) is 34.6 Å². The van der Waals surface area contributed by atoms with Crippen LogP contribution in [0.4, 0.5) is 0 Å². The van der Waals surface area contributed by atoms with E-state index in [9.17, 15) is 9.59 Å². The molecule has 0 saturated carbocycles. The SMILES string of the molecule is CC(CC(=O)C(C)(C)C)C1(C)CCCOC1=O. The lowest BCUT2D eigenvalue weighted by atomic mass is 9.70. The quantitative estimate of drug-likeness (QED) is 0.712. The normalized spacial score (nSPS) is 27.5. The van der Waals surface area contributed by atoms with Crippen molar-refractivity contribution in [2.75, 3.05) is 6.61 Å². The van der Waals surface area contributed by atoms with Crippen molar-refractivity contribution in [3.8, 4) is 0 Å². The summed E-state index contributed by atoms with van der Waals surface area (Å²) < 4.78 is 5.13. The van der Waals surface area contributed by atoms with Crippen LogP contribution in [0.1, 0.15) is 53.9 Å². The highest BCUT2D eigenvalue weighted by Crippen LogP contribution is 2.39. The van der Waals surface area contributed by atoms with Gasteiger partial charge in [0, 0.05) is 11.8 Å². The molecule has 1 aliphatic rings. The third kappa shape index (κ3) is 3.08. The van der Waals surface area contributed by atoms with E-state index in [4.69, 9.17) is 4.74 Å². The number of cyclic esters (lactones) is 1. The van der Waals surface area contributed by atoms with Gasteiger partial charge in [0.05, 0.1) is 12.0 Å². The minimum Gasteiger partial charge on any atom is -0.465 e. The van der Waals surface area contributed by atoms with Crippen LogP contribution in [0.2, 0.25) is 0 Å². The van der Waals surface area contributed by atoms with Crippen molar-refractivity contribution in [1.82, 2.24) is 0 Å². The minimum absolute atomic E-state index is 0.0435. The maximum atomic E-state index is 12.0. The summed E-state index contributed by atoms with van der Waals surface area (Å²) in [6, 6.07) is 0. The lowest BCUT2D eigenvalue weighted by Crippen LogP contribution is -2.41. The third-order valence-electron chi connectivity index (χ3n) is 3.96. The van der Waals surface area contributed by atoms with Crippen molar-refractivity contribution in [1.29, 1.82) is 0 Å². The largest absolute Gasteiger partial charge is 0.465 e. The molecule has 1 heterocycles. The zero-order valence-electron chi connectivity index (χ0n) is 11.6. The van der Waals surface area contributed by atoms with Crippen molar-refractivity contribution in [2.45, 2.75) is 53.9 Å². The molecule has 2 atom stereocenters. The summed E-state index contributed by atoms with van der Waals surface area (Å²) in [4.78, 5) is 23.9. The minimum atomic E-state index is -0.487. The summed E-state index contributed by atoms with van der Waals surface area (Å²) >= 11 is 0. The van der Waals surface area contributed by atoms with E-state index < -0.39 is 5.41 Å². The maximum Gasteiger partial charge on any atom is 0.312 e. The van der Waals surface area contributed by atoms with Crippen molar-refractivity contribution < 1.29 is 14.3 Å². The Morgan fingerprint density at radius 3 is 2.53 bits per heavy atom. The number of carbonyl (C=O) groups excluding carboxylic acids is 2. The standard InChI is InChI=1S/C14H24O3/c1-10(9-11(15)13(2,3)4)14(5)7-6-8-17-12(14)16/h10H,6-9H2,1-5H3. The summed E-state index contributed by atoms with van der Waals surface area (Å²) in [6.07, 6.45) is 2.18. The Labute approximate surface area is 104 Å². The van der Waals surface area contributed by atoms with Gasteiger partial charge in [-0.15, -0.1) is 0 Å². The van der Waals surface area contributed by atoms with Crippen LogP contribution in [0.15, 0.2) is 0 Å². The molecule has 17 heavy (non-hydrogen) atoms. The van der Waals surface area contributed by atoms with Crippen LogP contribution in [0, 0.1) is 16.7 Å². The molecule has 0 radical (unpaired) electrons. The van der Waals surface area contributed by atoms with Gasteiger partial charge in [-0.05, 0) is 25.7 Å². The lowest BCUT2D eigenvalue weighted by Gasteiger charge is -2.37. The van der Waals surface area contributed by atoms with Crippen molar-refractivity contribution in [3.63, 3.8) is 0 Å². The molecule has 3 nitrogen and oxygen atoms in total. The third-order valence-corrected chi connectivity index (χ3v) is 3.96. The highest BCUT2D eigenvalue weighted by Gasteiger charge is 2.43. The molecule has 0 aromatic rings. The molecule has 98 valence electrons. The zero-order valence-corrected chi connectivity index (χ0v) is 11.6. The Balaban J connectivity index is 2.72. The molecular weight excluding hydrogens is 216 g/mol. The molecule has 0 bridgehead atoms. The van der Waals surface area contributed by atoms with Crippen LogP contribution in [0.25, 0.3) is 0 Å². The first-order valence-electron chi connectivity index (χ1n) is 6.38. The van der Waals surface area contributed by atoms with Crippen LogP contribution >= 0.6 is 0 Å². The van der Waals surface area contributed by atoms with Crippen molar-refractivity contribution in [2.24, 2.45) is 16.7 Å². The average molecular weight is 240 g/mol. The predicted molar refractivity (Wildman–Crippen MR) is 66.5 cm³/mol. The molecule has 1 rings (SSSR count). The first-order chi connectivity index (χ1) is 7.68. The van der Waals surface area contributed by atoms with Gasteiger partial charge in [-0.3, -0.25) is 9.59 Å². The molecule has 0 N–H and O–H groups in total. The number of rotatable bonds is 3. The second-order valence-electron chi connectivity index (χ2n) is 6.44. The molecular formula is C14H24O3. The Morgan fingerprint density at radius 1 is 1.47 bits per heavy atom. The molecule has 1 aliphatic heterocycles. The Morgan fingerprint density at radius 2 is 2.06 bits per heavy atom. The van der Waals surface area contributed by atoms with E-state index in [1.165, 1.54) is 0 Å². The Kier molecular flexibility index (Phi) is 4.00. The van der Waals surface area contributed by atoms with Crippen molar-refractivity contribution in [3.05, 3.63) is 0 Å². The summed E-state index contributed by atoms with van der Waals surface area (Å²) in [5.74, 6) is 0.115. The van der Waals surface area contributed by atoms with Gasteiger partial charge in [-0.2, -0.15) is 0 Å². The summed E-state index contributed by atoms with van der Waals surface area (Å²) in [5, 5.41) is 0. The highest BCUT2D eigenvalue weighted by atomic mass is 16.5. The van der Waals surface area contributed by atoms with Crippen LogP contribution < -0.4 is 0 Å². The van der Waals surface area contributed by atoms with Crippen LogP contribution in [0.3, 0.4) is 0 Å². The lowest BCUT2D eigenvalue weighted by molar-refractivity contribution is -0.165. The second kappa shape index (κ2) is 4.79. The van der Waals surface area contributed by atoms with E-state index in [0.717, 1.165) is 12.8 Å². The number of esters is 1. The molecule has 0 aromatic heterocycles. The monoisotopic (exact) mass is 240 g/mol. The molecule has 0 aromatic carbocycles. The number of carbonyl (C=O) groups is 2. The molecule has 3 heteroatoms. The smallest absolute Gasteiger partial charge is 0.312 e. The first-order valence-corrected chi connectivity index (χ1v) is 6.38. The van der Waals surface area contributed by atoms with Gasteiger partial charge >= 0.3 is 5.97 Å². The van der Waals surface area contributed by atoms with E-state index in [2.05, 4.69) is 0 Å². The molecule has 0 spiro atoms. The van der Waals surface area contributed by atoms with Gasteiger partial charge < -0.3 is 4.74 Å². The first kappa shape index (κ1) is 14.2. The van der Waals surface area contributed by atoms with Gasteiger partial charge in [0.1, 0.15) is 5.78 Å². The summed E-state index contributed by atoms with van der Waals surface area (Å²) in [5.41, 5.74) is -0.817. The summed E-state index contributed by atoms with van der Waals surface area (Å²) in [7, 11) is 0. The van der Waals surface area contributed by atoms with E-state index in [1.54, 1.807) is 0 Å². The fourth-order valence-electron chi connectivity index (χ4n) is 2.13. The highest BCUT2D eigenvalue weighted by molar-refractivity contribution is 5.85. The molecule has 0 aliphatic carbocycles. The zero-order chi connectivity index (χ0) is 13.3. The van der Waals surface area contributed by atoms with Crippen LogP contribution in [-0.4, -0.2) is 18.4 Å². The molecule has 1 fully saturated rings. The number of Topliss-reactive ketones (excluding diaryl/α,β-unsaturated/α-hetero) is 1. The van der Waals surface area contributed by atoms with Crippen LogP contribution in [0.5, 0.6) is 0 Å². The topological polar surface area (TPSA) is 43.4 Å². The Bertz CT molecular complexity index is 314. The fraction of sp³-hybridized carbons (Fsp3) is 0.857. The summed E-state index contributed by atoms with van der Waals surface area (Å²) in [6.45, 7) is 10.2. The van der Waals surface area contributed by atoms with Crippen molar-refractivity contribution >= 4 is 11.8 Å². The number of ketones is 1. The second-order valence-corrected chi connectivity index (χ2v) is 6.44. The van der Waals surface area contributed by atoms with Gasteiger partial charge in [-0.25, -0.2) is 0 Å². The van der Waals surface area contributed by atoms with Gasteiger partial charge in [0.2, 0.25) is 0 Å². The predicted octanol–water partition coefficient (Wildman–Crippen LogP) is 2.97. The van der Waals surface area contributed by atoms with E-state index in [-0.39, 0.29) is 23.1 Å². The maximum absolute atomic E-state index is 12.0. The molecule has 0 amide bonds. The fourth-order valence-corrected chi connectivity index (χ4v) is 2.13. The van der Waals surface area contributed by atoms with Gasteiger partial charge in [0.25, 0.3) is 0 Å². The molecule has 2 unspecified atom stereocenters. The van der Waals surface area contributed by atoms with Gasteiger partial charge in [0.15, 0.2) is 0 Å². The van der Waals surface area contributed by atoms with Crippen LogP contribution in [-0.2, 0) is 14.3 Å². The number of hydrogen-bond acceptors (Lipinski definition) is 3. The number of hydrogen-bond donors (Lipinski definition) is 0. The Hall–Kier alpha value is -0.860. The average Bonchev–Trinajstić information content (AvgIpc) is 2.21. The van der Waals surface area contributed by atoms with E-state index >= 15 is 0 Å². The van der Waals surface area contributed by atoms with Gasteiger partial charge in [-0.1, -0.05) is 27.7 Å². The molecule has 1 saturated heterocycles.